The number of anilines is 2. The van der Waals surface area contributed by atoms with Crippen molar-refractivity contribution in [2.24, 2.45) is 0 Å². The van der Waals surface area contributed by atoms with Crippen LogP contribution >= 0.6 is 0 Å². The molecule has 0 unspecified atom stereocenters. The van der Waals surface area contributed by atoms with Crippen LogP contribution in [0, 0.1) is 11.8 Å². The molecule has 0 aliphatic carbocycles. The lowest BCUT2D eigenvalue weighted by atomic mass is 10.2. The molecule has 3 rings (SSSR count). The van der Waals surface area contributed by atoms with Crippen LogP contribution in [0.15, 0.2) is 54.6 Å². The van der Waals surface area contributed by atoms with Crippen LogP contribution in [-0.2, 0) is 0 Å². The van der Waals surface area contributed by atoms with Gasteiger partial charge in [-0.25, -0.2) is 0 Å². The first-order valence-corrected chi connectivity index (χ1v) is 6.38. The zero-order valence-corrected chi connectivity index (χ0v) is 11.2. The van der Waals surface area contributed by atoms with Crippen LogP contribution in [0.25, 0.3) is 0 Å². The maximum atomic E-state index is 3.35. The van der Waals surface area contributed by atoms with Crippen LogP contribution in [0.1, 0.15) is 5.56 Å². The number of hydrogen-bond acceptors (Lipinski definition) is 2. The Hall–Kier alpha value is -2.40. The SMILES string of the molecule is CN1c2ccccc2N(C)C1C#Cc1ccccc1. The number of rotatable bonds is 0. The van der Waals surface area contributed by atoms with Gasteiger partial charge in [0.1, 0.15) is 0 Å². The topological polar surface area (TPSA) is 6.48 Å². The molecule has 19 heavy (non-hydrogen) atoms. The van der Waals surface area contributed by atoms with E-state index in [4.69, 9.17) is 0 Å². The fraction of sp³-hybridized carbons (Fsp3) is 0.176. The molecular weight excluding hydrogens is 232 g/mol. The molecule has 1 heterocycles. The summed E-state index contributed by atoms with van der Waals surface area (Å²) in [4.78, 5) is 4.43. The third kappa shape index (κ3) is 2.04. The first-order chi connectivity index (χ1) is 9.27. The van der Waals surface area contributed by atoms with Crippen molar-refractivity contribution < 1.29 is 0 Å². The van der Waals surface area contributed by atoms with Crippen molar-refractivity contribution >= 4 is 11.4 Å². The van der Waals surface area contributed by atoms with E-state index in [1.807, 2.05) is 30.3 Å². The number of benzene rings is 2. The summed E-state index contributed by atoms with van der Waals surface area (Å²) in [5.74, 6) is 6.60. The lowest BCUT2D eigenvalue weighted by Gasteiger charge is -2.22. The van der Waals surface area contributed by atoms with Gasteiger partial charge < -0.3 is 9.80 Å². The van der Waals surface area contributed by atoms with Crippen molar-refractivity contribution in [1.82, 2.24) is 0 Å². The number of nitrogens with zero attached hydrogens (tertiary/aromatic N) is 2. The smallest absolute Gasteiger partial charge is 0.166 e. The van der Waals surface area contributed by atoms with E-state index in [1.165, 1.54) is 11.4 Å². The molecule has 0 radical (unpaired) electrons. The van der Waals surface area contributed by atoms with Crippen LogP contribution < -0.4 is 9.80 Å². The average Bonchev–Trinajstić information content (AvgIpc) is 2.71. The second-order valence-corrected chi connectivity index (χ2v) is 4.72. The van der Waals surface area contributed by atoms with E-state index in [1.54, 1.807) is 0 Å². The largest absolute Gasteiger partial charge is 0.342 e. The number of fused-ring (bicyclic) bond motifs is 1. The van der Waals surface area contributed by atoms with E-state index in [9.17, 15) is 0 Å². The summed E-state index contributed by atoms with van der Waals surface area (Å²) in [6.45, 7) is 0. The standard InChI is InChI=1S/C17H16N2/c1-18-15-10-6-7-11-16(15)19(2)17(18)13-12-14-8-4-3-5-9-14/h3-11,17H,1-2H3. The van der Waals surface area contributed by atoms with Gasteiger partial charge in [-0.15, -0.1) is 0 Å². The summed E-state index contributed by atoms with van der Waals surface area (Å²) in [6.07, 6.45) is 0.0950. The van der Waals surface area contributed by atoms with Crippen molar-refractivity contribution in [3.63, 3.8) is 0 Å². The number of hydrogen-bond donors (Lipinski definition) is 0. The molecule has 0 atom stereocenters. The van der Waals surface area contributed by atoms with Crippen molar-refractivity contribution in [3.05, 3.63) is 60.2 Å². The second kappa shape index (κ2) is 4.70. The van der Waals surface area contributed by atoms with Gasteiger partial charge in [-0.1, -0.05) is 42.2 Å². The van der Waals surface area contributed by atoms with Crippen LogP contribution in [-0.4, -0.2) is 20.3 Å². The zero-order chi connectivity index (χ0) is 13.2. The third-order valence-corrected chi connectivity index (χ3v) is 3.49. The van der Waals surface area contributed by atoms with Gasteiger partial charge >= 0.3 is 0 Å². The Labute approximate surface area is 114 Å². The molecule has 94 valence electrons. The minimum atomic E-state index is 0.0950. The van der Waals surface area contributed by atoms with Crippen molar-refractivity contribution in [1.29, 1.82) is 0 Å². The maximum Gasteiger partial charge on any atom is 0.166 e. The fourth-order valence-electron chi connectivity index (χ4n) is 2.45. The molecule has 0 saturated carbocycles. The summed E-state index contributed by atoms with van der Waals surface area (Å²) in [5.41, 5.74) is 3.52. The molecule has 0 fully saturated rings. The lowest BCUT2D eigenvalue weighted by molar-refractivity contribution is 0.796. The molecule has 2 heteroatoms. The molecule has 2 aromatic rings. The van der Waals surface area contributed by atoms with Gasteiger partial charge in [-0.2, -0.15) is 0 Å². The Kier molecular flexibility index (Phi) is 2.89. The Morgan fingerprint density at radius 1 is 0.789 bits per heavy atom. The highest BCUT2D eigenvalue weighted by atomic mass is 15.4. The molecule has 1 aliphatic heterocycles. The van der Waals surface area contributed by atoms with Gasteiger partial charge in [-0.05, 0) is 24.3 Å². The van der Waals surface area contributed by atoms with Crippen LogP contribution in [0.3, 0.4) is 0 Å². The van der Waals surface area contributed by atoms with E-state index >= 15 is 0 Å². The Morgan fingerprint density at radius 3 is 1.89 bits per heavy atom. The van der Waals surface area contributed by atoms with Crippen LogP contribution in [0.5, 0.6) is 0 Å². The minimum absolute atomic E-state index is 0.0950. The van der Waals surface area contributed by atoms with E-state index in [0.29, 0.717) is 0 Å². The van der Waals surface area contributed by atoms with E-state index < -0.39 is 0 Å². The average molecular weight is 248 g/mol. The normalized spacial score (nSPS) is 14.0. The van der Waals surface area contributed by atoms with Gasteiger partial charge in [0.15, 0.2) is 6.17 Å². The molecular formula is C17H16N2. The Balaban J connectivity index is 1.91. The fourth-order valence-corrected chi connectivity index (χ4v) is 2.45. The van der Waals surface area contributed by atoms with E-state index in [-0.39, 0.29) is 6.17 Å². The predicted octanol–water partition coefficient (Wildman–Crippen LogP) is 2.95. The molecule has 0 aromatic heterocycles. The van der Waals surface area contributed by atoms with Gasteiger partial charge in [0.2, 0.25) is 0 Å². The molecule has 1 aliphatic rings. The Morgan fingerprint density at radius 2 is 1.32 bits per heavy atom. The van der Waals surface area contributed by atoms with E-state index in [0.717, 1.165) is 5.56 Å². The van der Waals surface area contributed by atoms with Crippen LogP contribution in [0.2, 0.25) is 0 Å². The van der Waals surface area contributed by atoms with Crippen molar-refractivity contribution in [2.75, 3.05) is 23.9 Å². The maximum absolute atomic E-state index is 3.35. The first-order valence-electron chi connectivity index (χ1n) is 6.38. The summed E-state index contributed by atoms with van der Waals surface area (Å²) >= 11 is 0. The third-order valence-electron chi connectivity index (χ3n) is 3.49. The summed E-state index contributed by atoms with van der Waals surface area (Å²) in [7, 11) is 4.18. The highest BCUT2D eigenvalue weighted by Gasteiger charge is 2.28. The molecule has 2 aromatic carbocycles. The molecule has 0 spiro atoms. The summed E-state index contributed by atoms with van der Waals surface area (Å²) in [5, 5.41) is 0. The number of para-hydroxylation sites is 2. The van der Waals surface area contributed by atoms with Gasteiger partial charge in [0, 0.05) is 19.7 Å². The molecule has 0 N–H and O–H groups in total. The zero-order valence-electron chi connectivity index (χ0n) is 11.2. The van der Waals surface area contributed by atoms with E-state index in [2.05, 4.69) is 60.0 Å². The van der Waals surface area contributed by atoms with Gasteiger partial charge in [0.05, 0.1) is 11.4 Å². The lowest BCUT2D eigenvalue weighted by Crippen LogP contribution is -2.37. The van der Waals surface area contributed by atoms with Crippen molar-refractivity contribution in [2.45, 2.75) is 6.17 Å². The van der Waals surface area contributed by atoms with Crippen molar-refractivity contribution in [3.8, 4) is 11.8 Å². The monoisotopic (exact) mass is 248 g/mol. The summed E-state index contributed by atoms with van der Waals surface area (Å²) < 4.78 is 0. The summed E-state index contributed by atoms with van der Waals surface area (Å²) in [6, 6.07) is 18.5. The quantitative estimate of drug-likeness (QED) is 0.661. The van der Waals surface area contributed by atoms with Gasteiger partial charge in [0.25, 0.3) is 0 Å². The second-order valence-electron chi connectivity index (χ2n) is 4.72. The molecule has 0 bridgehead atoms. The van der Waals surface area contributed by atoms with Gasteiger partial charge in [-0.3, -0.25) is 0 Å². The molecule has 2 nitrogen and oxygen atoms in total. The highest BCUT2D eigenvalue weighted by Crippen LogP contribution is 2.36. The van der Waals surface area contributed by atoms with Crippen LogP contribution in [0.4, 0.5) is 11.4 Å². The predicted molar refractivity (Wildman–Crippen MR) is 80.4 cm³/mol. The molecule has 0 saturated heterocycles. The molecule has 0 amide bonds. The minimum Gasteiger partial charge on any atom is -0.342 e. The Bertz CT molecular complexity index is 608. The highest BCUT2D eigenvalue weighted by molar-refractivity contribution is 5.78. The first kappa shape index (κ1) is 11.7.